The lowest BCUT2D eigenvalue weighted by Crippen LogP contribution is -2.46. The average Bonchev–Trinajstić information content (AvgIpc) is 2.91. The smallest absolute Gasteiger partial charge is 0.342 e. The Morgan fingerprint density at radius 3 is 2.59 bits per heavy atom. The van der Waals surface area contributed by atoms with Crippen molar-refractivity contribution >= 4 is 28.5 Å². The summed E-state index contributed by atoms with van der Waals surface area (Å²) in [6.07, 6.45) is 2.39. The first-order valence-electron chi connectivity index (χ1n) is 11.5. The van der Waals surface area contributed by atoms with Crippen LogP contribution in [-0.4, -0.2) is 77.6 Å². The van der Waals surface area contributed by atoms with E-state index < -0.39 is 5.97 Å². The number of esters is 1. The van der Waals surface area contributed by atoms with Gasteiger partial charge in [-0.2, -0.15) is 0 Å². The number of hydrogen-bond donors (Lipinski definition) is 1. The fourth-order valence-electron chi connectivity index (χ4n) is 4.79. The first-order chi connectivity index (χ1) is 15.2. The van der Waals surface area contributed by atoms with Crippen LogP contribution in [0.3, 0.4) is 0 Å². The number of ether oxygens (including phenoxy) is 1. The number of hydrogen-bond acceptors (Lipinski definition) is 4. The molecule has 1 N–H and O–H groups in total. The number of nitrogens with one attached hydrogen (secondary N) is 1. The van der Waals surface area contributed by atoms with Gasteiger partial charge in [-0.25, -0.2) is 9.59 Å². The van der Waals surface area contributed by atoms with Crippen molar-refractivity contribution in [2.24, 2.45) is 0 Å². The lowest BCUT2D eigenvalue weighted by molar-refractivity contribution is -0.140. The second-order valence-corrected chi connectivity index (χ2v) is 9.86. The standard InChI is InChI=1S/C25H34N4O3/c1-17(2)32-23(30)19-15-29(24(31)28-12-8-11-27(5)13-14-28)16-25(3,4)21-18-9-6-7-10-20(18)26-22(19)21/h6-7,9-10,15,17,26H,8,11-14,16H2,1-5H3. The summed E-state index contributed by atoms with van der Waals surface area (Å²) in [5, 5.41) is 1.07. The molecule has 0 saturated carbocycles. The summed E-state index contributed by atoms with van der Waals surface area (Å²) in [4.78, 5) is 36.1. The maximum Gasteiger partial charge on any atom is 0.342 e. The monoisotopic (exact) mass is 438 g/mol. The molecular formula is C25H34N4O3. The Balaban J connectivity index is 1.79. The number of benzene rings is 1. The molecule has 0 spiro atoms. The van der Waals surface area contributed by atoms with Crippen LogP contribution < -0.4 is 0 Å². The van der Waals surface area contributed by atoms with Crippen LogP contribution in [0.5, 0.6) is 0 Å². The van der Waals surface area contributed by atoms with Crippen LogP contribution in [0.2, 0.25) is 0 Å². The Hall–Kier alpha value is -2.80. The summed E-state index contributed by atoms with van der Waals surface area (Å²) in [5.41, 5.74) is 2.79. The zero-order valence-electron chi connectivity index (χ0n) is 19.8. The lowest BCUT2D eigenvalue weighted by atomic mass is 9.82. The highest BCUT2D eigenvalue weighted by Crippen LogP contribution is 2.40. The number of nitrogens with zero attached hydrogens (tertiary/aromatic N) is 3. The van der Waals surface area contributed by atoms with Crippen molar-refractivity contribution < 1.29 is 14.3 Å². The van der Waals surface area contributed by atoms with E-state index in [2.05, 4.69) is 36.8 Å². The Labute approximate surface area is 190 Å². The second kappa shape index (κ2) is 8.62. The number of aromatic nitrogens is 1. The van der Waals surface area contributed by atoms with E-state index in [0.29, 0.717) is 25.2 Å². The number of amides is 2. The van der Waals surface area contributed by atoms with Crippen LogP contribution in [0.1, 0.15) is 45.4 Å². The van der Waals surface area contributed by atoms with Crippen LogP contribution in [0, 0.1) is 0 Å². The van der Waals surface area contributed by atoms with E-state index in [4.69, 9.17) is 4.74 Å². The number of urea groups is 1. The molecule has 2 aliphatic heterocycles. The van der Waals surface area contributed by atoms with Crippen LogP contribution in [0.4, 0.5) is 4.79 Å². The van der Waals surface area contributed by atoms with E-state index in [9.17, 15) is 9.59 Å². The molecule has 3 heterocycles. The third-order valence-corrected chi connectivity index (χ3v) is 6.30. The van der Waals surface area contributed by atoms with E-state index in [0.717, 1.165) is 41.7 Å². The van der Waals surface area contributed by atoms with Crippen molar-refractivity contribution in [3.8, 4) is 0 Å². The van der Waals surface area contributed by atoms with Gasteiger partial charge in [0.25, 0.3) is 0 Å². The molecule has 1 fully saturated rings. The molecular weight excluding hydrogens is 404 g/mol. The summed E-state index contributed by atoms with van der Waals surface area (Å²) in [7, 11) is 2.08. The topological polar surface area (TPSA) is 68.9 Å². The summed E-state index contributed by atoms with van der Waals surface area (Å²) in [5.74, 6) is -0.418. The minimum Gasteiger partial charge on any atom is -0.459 e. The summed E-state index contributed by atoms with van der Waals surface area (Å²) in [6, 6.07) is 8.01. The van der Waals surface area contributed by atoms with Gasteiger partial charge in [-0.15, -0.1) is 0 Å². The van der Waals surface area contributed by atoms with Crippen molar-refractivity contribution in [3.05, 3.63) is 41.7 Å². The largest absolute Gasteiger partial charge is 0.459 e. The molecule has 4 rings (SSSR count). The van der Waals surface area contributed by atoms with Crippen LogP contribution in [-0.2, 0) is 14.9 Å². The van der Waals surface area contributed by atoms with Gasteiger partial charge in [-0.3, -0.25) is 4.90 Å². The molecule has 1 aromatic heterocycles. The number of carbonyl (C=O) groups is 2. The summed E-state index contributed by atoms with van der Waals surface area (Å²) in [6.45, 7) is 11.6. The Bertz CT molecular complexity index is 1050. The molecule has 1 saturated heterocycles. The maximum atomic E-state index is 13.6. The van der Waals surface area contributed by atoms with Crippen LogP contribution in [0.15, 0.2) is 30.5 Å². The van der Waals surface area contributed by atoms with Gasteiger partial charge in [0.1, 0.15) is 0 Å². The predicted molar refractivity (Wildman–Crippen MR) is 126 cm³/mol. The molecule has 0 atom stereocenters. The minimum absolute atomic E-state index is 0.0577. The fraction of sp³-hybridized carbons (Fsp3) is 0.520. The van der Waals surface area contributed by atoms with Gasteiger partial charge in [-0.1, -0.05) is 32.0 Å². The normalized spacial score (nSPS) is 19.4. The number of likely N-dealkylation sites (N-methyl/N-ethyl adjacent to an activating group) is 1. The highest BCUT2D eigenvalue weighted by Gasteiger charge is 2.38. The molecule has 172 valence electrons. The molecule has 2 aliphatic rings. The Morgan fingerprint density at radius 1 is 1.09 bits per heavy atom. The summed E-state index contributed by atoms with van der Waals surface area (Å²) >= 11 is 0. The highest BCUT2D eigenvalue weighted by atomic mass is 16.5. The van der Waals surface area contributed by atoms with Crippen molar-refractivity contribution in [1.29, 1.82) is 0 Å². The number of rotatable bonds is 2. The number of fused-ring (bicyclic) bond motifs is 3. The fourth-order valence-corrected chi connectivity index (χ4v) is 4.79. The quantitative estimate of drug-likeness (QED) is 0.724. The minimum atomic E-state index is -0.418. The molecule has 0 bridgehead atoms. The first-order valence-corrected chi connectivity index (χ1v) is 11.5. The molecule has 2 amide bonds. The maximum absolute atomic E-state index is 13.6. The molecule has 7 heteroatoms. The predicted octanol–water partition coefficient (Wildman–Crippen LogP) is 3.81. The van der Waals surface area contributed by atoms with Gasteiger partial charge >= 0.3 is 12.0 Å². The van der Waals surface area contributed by atoms with Gasteiger partial charge in [0, 0.05) is 48.7 Å². The van der Waals surface area contributed by atoms with E-state index in [-0.39, 0.29) is 17.6 Å². The number of carbonyl (C=O) groups excluding carboxylic acids is 2. The van der Waals surface area contributed by atoms with Crippen LogP contribution in [0.25, 0.3) is 16.5 Å². The number of H-pyrrole nitrogens is 1. The Kier molecular flexibility index (Phi) is 6.03. The van der Waals surface area contributed by atoms with Gasteiger partial charge < -0.3 is 19.5 Å². The van der Waals surface area contributed by atoms with E-state index >= 15 is 0 Å². The van der Waals surface area contributed by atoms with Gasteiger partial charge in [-0.05, 0) is 45.5 Å². The third-order valence-electron chi connectivity index (χ3n) is 6.30. The molecule has 0 unspecified atom stereocenters. The highest BCUT2D eigenvalue weighted by molar-refractivity contribution is 6.18. The van der Waals surface area contributed by atoms with Gasteiger partial charge in [0.15, 0.2) is 0 Å². The van der Waals surface area contributed by atoms with Crippen molar-refractivity contribution in [1.82, 2.24) is 19.7 Å². The first kappa shape index (κ1) is 22.4. The van der Waals surface area contributed by atoms with Crippen LogP contribution >= 0.6 is 0 Å². The Morgan fingerprint density at radius 2 is 1.84 bits per heavy atom. The molecule has 7 nitrogen and oxygen atoms in total. The number of aromatic amines is 1. The van der Waals surface area contributed by atoms with E-state index in [1.165, 1.54) is 0 Å². The third kappa shape index (κ3) is 4.26. The van der Waals surface area contributed by atoms with E-state index in [1.54, 1.807) is 11.1 Å². The van der Waals surface area contributed by atoms with Crippen molar-refractivity contribution in [2.45, 2.75) is 45.6 Å². The molecule has 0 aliphatic carbocycles. The zero-order valence-corrected chi connectivity index (χ0v) is 19.8. The zero-order chi connectivity index (χ0) is 23.0. The van der Waals surface area contributed by atoms with Gasteiger partial charge in [0.05, 0.1) is 17.4 Å². The molecule has 0 radical (unpaired) electrons. The molecule has 32 heavy (non-hydrogen) atoms. The lowest BCUT2D eigenvalue weighted by Gasteiger charge is -2.33. The molecule has 1 aromatic carbocycles. The summed E-state index contributed by atoms with van der Waals surface area (Å²) < 4.78 is 5.59. The second-order valence-electron chi connectivity index (χ2n) is 9.86. The average molecular weight is 439 g/mol. The number of para-hydroxylation sites is 1. The molecule has 2 aromatic rings. The van der Waals surface area contributed by atoms with Gasteiger partial charge in [0.2, 0.25) is 0 Å². The van der Waals surface area contributed by atoms with Crippen molar-refractivity contribution in [2.75, 3.05) is 39.8 Å². The van der Waals surface area contributed by atoms with E-state index in [1.807, 2.05) is 36.9 Å². The van der Waals surface area contributed by atoms with Crippen molar-refractivity contribution in [3.63, 3.8) is 0 Å². The SMILES string of the molecule is CC(C)OC(=O)C1=CN(C(=O)N2CCCN(C)CC2)CC(C)(C)c2c1[nH]c1ccccc21.